The second-order valence-electron chi connectivity index (χ2n) is 7.74. The minimum absolute atomic E-state index is 0.0155. The van der Waals surface area contributed by atoms with E-state index in [9.17, 15) is 44.7 Å². The molecule has 2 aromatic rings. The summed E-state index contributed by atoms with van der Waals surface area (Å²) < 4.78 is 103. The number of carbonyl (C=O) groups is 1. The predicted molar refractivity (Wildman–Crippen MR) is 104 cm³/mol. The smallest absolute Gasteiger partial charge is 0.369 e. The van der Waals surface area contributed by atoms with Gasteiger partial charge in [0.05, 0.1) is 12.2 Å². The molecule has 3 rings (SSSR count). The van der Waals surface area contributed by atoms with Crippen LogP contribution in [-0.4, -0.2) is 42.5 Å². The number of nitrogens with one attached hydrogen (secondary N) is 1. The molecule has 13 heteroatoms. The van der Waals surface area contributed by atoms with Crippen molar-refractivity contribution >= 4 is 21.4 Å². The molecule has 1 aromatic heterocycles. The number of benzene rings is 1. The van der Waals surface area contributed by atoms with Crippen LogP contribution in [0.5, 0.6) is 0 Å². The topological polar surface area (TPSA) is 96.4 Å². The van der Waals surface area contributed by atoms with E-state index >= 15 is 0 Å². The average molecular weight is 496 g/mol. The molecule has 0 radical (unpaired) electrons. The number of rotatable bonds is 7. The highest BCUT2D eigenvalue weighted by molar-refractivity contribution is 7.91. The van der Waals surface area contributed by atoms with E-state index in [0.717, 1.165) is 31.2 Å². The summed E-state index contributed by atoms with van der Waals surface area (Å²) in [6.07, 6.45) is -9.66. The van der Waals surface area contributed by atoms with Crippen LogP contribution < -0.4 is 5.32 Å². The number of aromatic nitrogens is 1. The molecule has 1 aliphatic carbocycles. The Bertz CT molecular complexity index is 1110. The maximum absolute atomic E-state index is 13.1. The normalized spacial score (nSPS) is 15.4. The van der Waals surface area contributed by atoms with Crippen molar-refractivity contribution < 1.29 is 44.7 Å². The fraction of sp³-hybridized carbons (Fsp3) is 0.400. The number of alkyl halides is 6. The van der Waals surface area contributed by atoms with E-state index in [1.54, 1.807) is 0 Å². The standard InChI is InChI=1S/C20H18F6N2O4S/c21-19(22,23)18(30,20(24,25)26)14-2-1-3-15(9-14)28-16(29)8-13-6-7-17(27-10-13)33(31,32)11-12-4-5-12/h1-3,6-7,9-10,12,30H,4-5,8,11H2,(H,28,29). The Morgan fingerprint density at radius 2 is 1.70 bits per heavy atom. The van der Waals surface area contributed by atoms with E-state index in [-0.39, 0.29) is 28.7 Å². The Kier molecular flexibility index (Phi) is 6.50. The molecule has 2 N–H and O–H groups in total. The van der Waals surface area contributed by atoms with Gasteiger partial charge in [-0.3, -0.25) is 4.79 Å². The van der Waals surface area contributed by atoms with Crippen molar-refractivity contribution in [3.8, 4) is 0 Å². The Morgan fingerprint density at radius 1 is 1.06 bits per heavy atom. The highest BCUT2D eigenvalue weighted by atomic mass is 32.2. The summed E-state index contributed by atoms with van der Waals surface area (Å²) in [5.74, 6) is -0.700. The third-order valence-electron chi connectivity index (χ3n) is 5.02. The number of amides is 1. The summed E-state index contributed by atoms with van der Waals surface area (Å²) in [5.41, 5.74) is -6.75. The molecule has 0 unspecified atom stereocenters. The van der Waals surface area contributed by atoms with Gasteiger partial charge in [0, 0.05) is 17.4 Å². The van der Waals surface area contributed by atoms with Crippen LogP contribution in [0.25, 0.3) is 0 Å². The number of hydrogen-bond acceptors (Lipinski definition) is 5. The lowest BCUT2D eigenvalue weighted by Gasteiger charge is -2.32. The molecule has 1 aromatic carbocycles. The molecular weight excluding hydrogens is 478 g/mol. The van der Waals surface area contributed by atoms with E-state index in [1.807, 2.05) is 0 Å². The predicted octanol–water partition coefficient (Wildman–Crippen LogP) is 3.76. The zero-order valence-electron chi connectivity index (χ0n) is 16.7. The van der Waals surface area contributed by atoms with Crippen molar-refractivity contribution in [2.24, 2.45) is 5.92 Å². The van der Waals surface area contributed by atoms with Crippen LogP contribution in [0, 0.1) is 5.92 Å². The minimum Gasteiger partial charge on any atom is -0.369 e. The first kappa shape index (κ1) is 25.0. The lowest BCUT2D eigenvalue weighted by atomic mass is 9.92. The highest BCUT2D eigenvalue weighted by Crippen LogP contribution is 2.50. The van der Waals surface area contributed by atoms with Gasteiger partial charge < -0.3 is 10.4 Å². The first-order valence-electron chi connectivity index (χ1n) is 9.57. The Hall–Kier alpha value is -2.67. The summed E-state index contributed by atoms with van der Waals surface area (Å²) in [5, 5.41) is 11.5. The molecule has 0 saturated heterocycles. The number of anilines is 1. The van der Waals surface area contributed by atoms with E-state index in [4.69, 9.17) is 0 Å². The molecule has 0 aliphatic heterocycles. The molecule has 180 valence electrons. The number of aliphatic hydroxyl groups is 1. The monoisotopic (exact) mass is 496 g/mol. The largest absolute Gasteiger partial charge is 0.430 e. The molecule has 1 aliphatic rings. The molecule has 0 spiro atoms. The minimum atomic E-state index is -6.05. The van der Waals surface area contributed by atoms with E-state index < -0.39 is 44.9 Å². The summed E-state index contributed by atoms with van der Waals surface area (Å²) in [6.45, 7) is 0. The van der Waals surface area contributed by atoms with Crippen molar-refractivity contribution in [1.82, 2.24) is 4.98 Å². The van der Waals surface area contributed by atoms with E-state index in [1.165, 1.54) is 12.1 Å². The summed E-state index contributed by atoms with van der Waals surface area (Å²) >= 11 is 0. The van der Waals surface area contributed by atoms with Gasteiger partial charge in [-0.1, -0.05) is 18.2 Å². The number of nitrogens with zero attached hydrogens (tertiary/aromatic N) is 1. The fourth-order valence-corrected chi connectivity index (χ4v) is 4.69. The third-order valence-corrected chi connectivity index (χ3v) is 6.81. The van der Waals surface area contributed by atoms with Gasteiger partial charge in [0.25, 0.3) is 5.60 Å². The average Bonchev–Trinajstić information content (AvgIpc) is 3.49. The number of sulfone groups is 1. The van der Waals surface area contributed by atoms with Crippen LogP contribution in [0.3, 0.4) is 0 Å². The molecule has 33 heavy (non-hydrogen) atoms. The fourth-order valence-electron chi connectivity index (χ4n) is 3.08. The Labute approximate surface area is 184 Å². The van der Waals surface area contributed by atoms with Crippen molar-refractivity contribution in [3.63, 3.8) is 0 Å². The second kappa shape index (κ2) is 8.60. The summed E-state index contributed by atoms with van der Waals surface area (Å²) in [6, 6.07) is 5.28. The number of hydrogen-bond donors (Lipinski definition) is 2. The molecule has 1 heterocycles. The summed E-state index contributed by atoms with van der Waals surface area (Å²) in [4.78, 5) is 16.0. The SMILES string of the molecule is O=C(Cc1ccc(S(=O)(=O)CC2CC2)nc1)Nc1cccc(C(O)(C(F)(F)F)C(F)(F)F)c1. The first-order chi connectivity index (χ1) is 15.1. The zero-order valence-corrected chi connectivity index (χ0v) is 17.6. The van der Waals surface area contributed by atoms with Gasteiger partial charge in [0.15, 0.2) is 14.9 Å². The van der Waals surface area contributed by atoms with Crippen LogP contribution in [0.2, 0.25) is 0 Å². The highest BCUT2D eigenvalue weighted by Gasteiger charge is 2.71. The molecule has 0 atom stereocenters. The van der Waals surface area contributed by atoms with E-state index in [0.29, 0.717) is 12.1 Å². The van der Waals surface area contributed by atoms with Gasteiger partial charge in [-0.05, 0) is 42.5 Å². The molecule has 0 bridgehead atoms. The molecule has 6 nitrogen and oxygen atoms in total. The van der Waals surface area contributed by atoms with E-state index in [2.05, 4.69) is 10.3 Å². The first-order valence-corrected chi connectivity index (χ1v) is 11.2. The van der Waals surface area contributed by atoms with Crippen LogP contribution in [0.1, 0.15) is 24.0 Å². The van der Waals surface area contributed by atoms with Gasteiger partial charge in [-0.25, -0.2) is 13.4 Å². The Morgan fingerprint density at radius 3 is 2.21 bits per heavy atom. The van der Waals surface area contributed by atoms with Gasteiger partial charge in [-0.15, -0.1) is 0 Å². The van der Waals surface area contributed by atoms with Crippen molar-refractivity contribution in [1.29, 1.82) is 0 Å². The van der Waals surface area contributed by atoms with Gasteiger partial charge >= 0.3 is 12.4 Å². The summed E-state index contributed by atoms with van der Waals surface area (Å²) in [7, 11) is -3.55. The lowest BCUT2D eigenvalue weighted by Crippen LogP contribution is -2.53. The zero-order chi connectivity index (χ0) is 24.7. The van der Waals surface area contributed by atoms with Gasteiger partial charge in [-0.2, -0.15) is 26.3 Å². The third kappa shape index (κ3) is 5.46. The van der Waals surface area contributed by atoms with Crippen molar-refractivity contribution in [2.45, 2.75) is 42.2 Å². The van der Waals surface area contributed by atoms with Crippen LogP contribution >= 0.6 is 0 Å². The van der Waals surface area contributed by atoms with Gasteiger partial charge in [0.2, 0.25) is 5.91 Å². The van der Waals surface area contributed by atoms with Crippen LogP contribution in [0.15, 0.2) is 47.6 Å². The molecule has 1 saturated carbocycles. The quantitative estimate of drug-likeness (QED) is 0.570. The van der Waals surface area contributed by atoms with Crippen LogP contribution in [-0.2, 0) is 26.7 Å². The lowest BCUT2D eigenvalue weighted by molar-refractivity contribution is -0.376. The number of carbonyl (C=O) groups excluding carboxylic acids is 1. The van der Waals surface area contributed by atoms with Gasteiger partial charge in [0.1, 0.15) is 0 Å². The molecule has 1 fully saturated rings. The van der Waals surface area contributed by atoms with Crippen molar-refractivity contribution in [2.75, 3.05) is 11.1 Å². The maximum atomic E-state index is 13.1. The number of pyridine rings is 1. The van der Waals surface area contributed by atoms with Crippen LogP contribution in [0.4, 0.5) is 32.0 Å². The molecular formula is C20H18F6N2O4S. The number of halogens is 6. The maximum Gasteiger partial charge on any atom is 0.430 e. The van der Waals surface area contributed by atoms with Crippen molar-refractivity contribution in [3.05, 3.63) is 53.7 Å². The Balaban J connectivity index is 1.72. The molecule has 1 amide bonds. The second-order valence-corrected chi connectivity index (χ2v) is 9.72.